The SMILES string of the molecule is c1ccc(-c2cccc(N(c3ccc4c(ccc5ccc6ccccc6c54)c3)c3cccc4c5ccccc5n(-c5ccccc5)c34)c2)cc1. The van der Waals surface area contributed by atoms with Crippen molar-refractivity contribution in [2.24, 2.45) is 0 Å². The summed E-state index contributed by atoms with van der Waals surface area (Å²) in [6, 6.07) is 70.5. The molecule has 1 aromatic heterocycles. The first-order valence-electron chi connectivity index (χ1n) is 17.2. The van der Waals surface area contributed by atoms with E-state index < -0.39 is 0 Å². The van der Waals surface area contributed by atoms with Gasteiger partial charge in [0, 0.05) is 27.8 Å². The fourth-order valence-electron chi connectivity index (χ4n) is 7.87. The van der Waals surface area contributed by atoms with E-state index in [1.165, 1.54) is 65.3 Å². The Hall–Kier alpha value is -6.64. The normalized spacial score (nSPS) is 11.6. The number of benzene rings is 9. The van der Waals surface area contributed by atoms with Gasteiger partial charge in [0.1, 0.15) is 0 Å². The number of aromatic nitrogens is 1. The van der Waals surface area contributed by atoms with E-state index >= 15 is 0 Å². The Labute approximate surface area is 290 Å². The molecule has 0 fully saturated rings. The molecule has 2 nitrogen and oxygen atoms in total. The van der Waals surface area contributed by atoms with Gasteiger partial charge in [-0.15, -0.1) is 0 Å². The lowest BCUT2D eigenvalue weighted by molar-refractivity contribution is 1.17. The highest BCUT2D eigenvalue weighted by molar-refractivity contribution is 6.21. The van der Waals surface area contributed by atoms with E-state index in [-0.39, 0.29) is 0 Å². The van der Waals surface area contributed by atoms with Crippen molar-refractivity contribution < 1.29 is 0 Å². The number of anilines is 3. The van der Waals surface area contributed by atoms with Gasteiger partial charge in [-0.05, 0) is 92.0 Å². The predicted molar refractivity (Wildman–Crippen MR) is 213 cm³/mol. The number of nitrogens with zero attached hydrogens (tertiary/aromatic N) is 2. The summed E-state index contributed by atoms with van der Waals surface area (Å²) in [5.41, 5.74) is 9.23. The van der Waals surface area contributed by atoms with Gasteiger partial charge in [-0.25, -0.2) is 0 Å². The van der Waals surface area contributed by atoms with E-state index in [0.717, 1.165) is 22.7 Å². The number of para-hydroxylation sites is 3. The molecule has 10 aromatic rings. The summed E-state index contributed by atoms with van der Waals surface area (Å²) in [6.07, 6.45) is 0. The molecule has 50 heavy (non-hydrogen) atoms. The van der Waals surface area contributed by atoms with E-state index in [0.29, 0.717) is 0 Å². The summed E-state index contributed by atoms with van der Waals surface area (Å²) in [6.45, 7) is 0. The monoisotopic (exact) mass is 636 g/mol. The van der Waals surface area contributed by atoms with Crippen LogP contribution < -0.4 is 4.90 Å². The van der Waals surface area contributed by atoms with Crippen molar-refractivity contribution >= 4 is 71.2 Å². The van der Waals surface area contributed by atoms with Crippen molar-refractivity contribution in [1.29, 1.82) is 0 Å². The molecule has 0 saturated heterocycles. The standard InChI is InChI=1S/C48H32N2/c1-3-13-33(14-4-1)36-16-11-19-39(31-36)49(40-29-30-42-37(32-40)28-27-35-26-25-34-15-7-8-20-41(34)47(35)42)46-24-12-22-44-43-21-9-10-23-45(43)50(48(44)46)38-17-5-2-6-18-38/h1-32H. The highest BCUT2D eigenvalue weighted by Gasteiger charge is 2.22. The second kappa shape index (κ2) is 11.5. The maximum atomic E-state index is 2.44. The second-order valence-electron chi connectivity index (χ2n) is 13.0. The molecule has 0 aliphatic heterocycles. The van der Waals surface area contributed by atoms with Gasteiger partial charge >= 0.3 is 0 Å². The van der Waals surface area contributed by atoms with Crippen molar-refractivity contribution in [3.63, 3.8) is 0 Å². The lowest BCUT2D eigenvalue weighted by atomic mass is 9.96. The van der Waals surface area contributed by atoms with E-state index in [2.05, 4.69) is 204 Å². The number of rotatable bonds is 5. The first-order chi connectivity index (χ1) is 24.8. The van der Waals surface area contributed by atoms with Crippen LogP contribution >= 0.6 is 0 Å². The molecule has 10 rings (SSSR count). The van der Waals surface area contributed by atoms with Gasteiger partial charge in [-0.1, -0.05) is 146 Å². The van der Waals surface area contributed by atoms with Gasteiger partial charge in [0.05, 0.1) is 16.7 Å². The van der Waals surface area contributed by atoms with Crippen molar-refractivity contribution in [1.82, 2.24) is 4.57 Å². The van der Waals surface area contributed by atoms with E-state index in [1.54, 1.807) is 0 Å². The van der Waals surface area contributed by atoms with Crippen molar-refractivity contribution in [3.05, 3.63) is 194 Å². The van der Waals surface area contributed by atoms with Crippen LogP contribution in [0.1, 0.15) is 0 Å². The largest absolute Gasteiger partial charge is 0.308 e. The average molecular weight is 637 g/mol. The van der Waals surface area contributed by atoms with Crippen LogP contribution in [0.5, 0.6) is 0 Å². The fraction of sp³-hybridized carbons (Fsp3) is 0. The lowest BCUT2D eigenvalue weighted by Crippen LogP contribution is -2.12. The second-order valence-corrected chi connectivity index (χ2v) is 13.0. The highest BCUT2D eigenvalue weighted by atomic mass is 15.2. The van der Waals surface area contributed by atoms with Crippen LogP contribution in [0.15, 0.2) is 194 Å². The number of hydrogen-bond acceptors (Lipinski definition) is 1. The molecule has 0 spiro atoms. The van der Waals surface area contributed by atoms with Gasteiger partial charge in [0.15, 0.2) is 0 Å². The van der Waals surface area contributed by atoms with Crippen molar-refractivity contribution in [2.45, 2.75) is 0 Å². The molecule has 0 aliphatic rings. The van der Waals surface area contributed by atoms with Crippen LogP contribution in [0.4, 0.5) is 17.1 Å². The van der Waals surface area contributed by atoms with Crippen LogP contribution in [-0.4, -0.2) is 4.57 Å². The topological polar surface area (TPSA) is 8.17 Å². The molecule has 0 N–H and O–H groups in total. The third kappa shape index (κ3) is 4.50. The minimum absolute atomic E-state index is 1.11. The molecule has 0 atom stereocenters. The molecule has 0 unspecified atom stereocenters. The molecule has 0 aliphatic carbocycles. The van der Waals surface area contributed by atoms with Gasteiger partial charge in [0.2, 0.25) is 0 Å². The molecular formula is C48H32N2. The maximum absolute atomic E-state index is 2.44. The quantitative estimate of drug-likeness (QED) is 0.171. The van der Waals surface area contributed by atoms with E-state index in [1.807, 2.05) is 0 Å². The Kier molecular flexibility index (Phi) is 6.53. The number of fused-ring (bicyclic) bond motifs is 8. The predicted octanol–water partition coefficient (Wildman–Crippen LogP) is 13.4. The van der Waals surface area contributed by atoms with Crippen LogP contribution in [-0.2, 0) is 0 Å². The Morgan fingerprint density at radius 1 is 0.360 bits per heavy atom. The summed E-state index contributed by atoms with van der Waals surface area (Å²) in [7, 11) is 0. The molecule has 0 saturated carbocycles. The molecule has 9 aromatic carbocycles. The van der Waals surface area contributed by atoms with Gasteiger partial charge in [0.25, 0.3) is 0 Å². The smallest absolute Gasteiger partial charge is 0.0782 e. The third-order valence-corrected chi connectivity index (χ3v) is 10.1. The van der Waals surface area contributed by atoms with Crippen LogP contribution in [0.25, 0.3) is 70.9 Å². The zero-order valence-electron chi connectivity index (χ0n) is 27.4. The highest BCUT2D eigenvalue weighted by Crippen LogP contribution is 2.45. The van der Waals surface area contributed by atoms with Crippen molar-refractivity contribution in [3.8, 4) is 16.8 Å². The summed E-state index contributed by atoms with van der Waals surface area (Å²) in [5, 5.41) is 10.0. The first kappa shape index (κ1) is 28.4. The van der Waals surface area contributed by atoms with Crippen LogP contribution in [0.3, 0.4) is 0 Å². The summed E-state index contributed by atoms with van der Waals surface area (Å²) in [4.78, 5) is 2.44. The van der Waals surface area contributed by atoms with E-state index in [9.17, 15) is 0 Å². The molecule has 1 heterocycles. The van der Waals surface area contributed by atoms with Gasteiger partial charge < -0.3 is 9.47 Å². The van der Waals surface area contributed by atoms with Crippen LogP contribution in [0, 0.1) is 0 Å². The Balaban J connectivity index is 1.28. The molecule has 2 heteroatoms. The molecule has 234 valence electrons. The zero-order chi connectivity index (χ0) is 33.0. The molecular weight excluding hydrogens is 605 g/mol. The molecule has 0 radical (unpaired) electrons. The lowest BCUT2D eigenvalue weighted by Gasteiger charge is -2.28. The average Bonchev–Trinajstić information content (AvgIpc) is 3.54. The fourth-order valence-corrected chi connectivity index (χ4v) is 7.87. The van der Waals surface area contributed by atoms with E-state index in [4.69, 9.17) is 0 Å². The minimum atomic E-state index is 1.11. The minimum Gasteiger partial charge on any atom is -0.308 e. The summed E-state index contributed by atoms with van der Waals surface area (Å²) in [5.74, 6) is 0. The van der Waals surface area contributed by atoms with Crippen LogP contribution in [0.2, 0.25) is 0 Å². The summed E-state index contributed by atoms with van der Waals surface area (Å²) >= 11 is 0. The van der Waals surface area contributed by atoms with Crippen molar-refractivity contribution in [2.75, 3.05) is 4.90 Å². The maximum Gasteiger partial charge on any atom is 0.0782 e. The molecule has 0 amide bonds. The third-order valence-electron chi connectivity index (χ3n) is 10.1. The van der Waals surface area contributed by atoms with Gasteiger partial charge in [-0.3, -0.25) is 0 Å². The Morgan fingerprint density at radius 2 is 0.980 bits per heavy atom. The first-order valence-corrected chi connectivity index (χ1v) is 17.2. The summed E-state index contributed by atoms with van der Waals surface area (Å²) < 4.78 is 2.43. The Bertz CT molecular complexity index is 2870. The molecule has 0 bridgehead atoms. The number of hydrogen-bond donors (Lipinski definition) is 0. The zero-order valence-corrected chi connectivity index (χ0v) is 27.4. The Morgan fingerprint density at radius 3 is 1.84 bits per heavy atom. The van der Waals surface area contributed by atoms with Gasteiger partial charge in [-0.2, -0.15) is 0 Å².